The highest BCUT2D eigenvalue weighted by Gasteiger charge is 2.00. The minimum absolute atomic E-state index is 0.632. The molecule has 0 aliphatic heterocycles. The van der Waals surface area contributed by atoms with Gasteiger partial charge in [0.15, 0.2) is 4.73 Å². The summed E-state index contributed by atoms with van der Waals surface area (Å²) in [6.45, 7) is 5.28. The topological polar surface area (TPSA) is 30.7 Å². The van der Waals surface area contributed by atoms with Crippen molar-refractivity contribution >= 4 is 15.9 Å². The van der Waals surface area contributed by atoms with Crippen LogP contribution in [0.5, 0.6) is 0 Å². The van der Waals surface area contributed by atoms with Crippen LogP contribution in [0.25, 0.3) is 0 Å². The average molecular weight is 204 g/mol. The fourth-order valence-electron chi connectivity index (χ4n) is 0.757. The summed E-state index contributed by atoms with van der Waals surface area (Å²) in [7, 11) is 0. The van der Waals surface area contributed by atoms with Crippen LogP contribution in [0.4, 0.5) is 0 Å². The predicted octanol–water partition coefficient (Wildman–Crippen LogP) is 1.70. The summed E-state index contributed by atoms with van der Waals surface area (Å²) >= 11 is 3.28. The van der Waals surface area contributed by atoms with Gasteiger partial charge in [-0.2, -0.15) is 0 Å². The Morgan fingerprint density at radius 2 is 2.40 bits per heavy atom. The minimum atomic E-state index is 0.632. The quantitative estimate of drug-likeness (QED) is 0.733. The standard InChI is InChI=1S/C6H10BrN3/c1-5(2)3-10-4-8-9-6(10)7/h4-5H,3H2,1-2H3. The summed E-state index contributed by atoms with van der Waals surface area (Å²) in [5, 5.41) is 7.54. The Kier molecular flexibility index (Phi) is 2.43. The van der Waals surface area contributed by atoms with Crippen molar-refractivity contribution in [2.24, 2.45) is 5.92 Å². The van der Waals surface area contributed by atoms with Gasteiger partial charge < -0.3 is 4.57 Å². The molecule has 0 aliphatic carbocycles. The molecule has 56 valence electrons. The summed E-state index contributed by atoms with van der Waals surface area (Å²) in [5.74, 6) is 0.632. The first-order valence-electron chi connectivity index (χ1n) is 3.23. The molecule has 0 unspecified atom stereocenters. The predicted molar refractivity (Wildman–Crippen MR) is 42.6 cm³/mol. The highest BCUT2D eigenvalue weighted by atomic mass is 79.9. The fraction of sp³-hybridized carbons (Fsp3) is 0.667. The molecule has 0 N–H and O–H groups in total. The van der Waals surface area contributed by atoms with E-state index in [0.717, 1.165) is 11.3 Å². The molecule has 1 heterocycles. The third kappa shape index (κ3) is 1.80. The maximum Gasteiger partial charge on any atom is 0.199 e. The van der Waals surface area contributed by atoms with E-state index in [2.05, 4.69) is 40.0 Å². The SMILES string of the molecule is CC(C)Cn1cnnc1Br. The lowest BCUT2D eigenvalue weighted by Gasteiger charge is -2.04. The van der Waals surface area contributed by atoms with Gasteiger partial charge in [0.25, 0.3) is 0 Å². The fourth-order valence-corrected chi connectivity index (χ4v) is 1.08. The molecule has 0 atom stereocenters. The summed E-state index contributed by atoms with van der Waals surface area (Å²) in [4.78, 5) is 0. The normalized spacial score (nSPS) is 10.8. The molecule has 0 saturated carbocycles. The Morgan fingerprint density at radius 1 is 1.70 bits per heavy atom. The van der Waals surface area contributed by atoms with Gasteiger partial charge in [-0.05, 0) is 21.8 Å². The number of hydrogen-bond acceptors (Lipinski definition) is 2. The van der Waals surface area contributed by atoms with Gasteiger partial charge in [-0.15, -0.1) is 10.2 Å². The molecule has 0 aliphatic rings. The van der Waals surface area contributed by atoms with Gasteiger partial charge in [-0.25, -0.2) is 0 Å². The van der Waals surface area contributed by atoms with E-state index in [1.807, 2.05) is 4.57 Å². The monoisotopic (exact) mass is 203 g/mol. The summed E-state index contributed by atoms with van der Waals surface area (Å²) in [5.41, 5.74) is 0. The molecule has 0 aromatic carbocycles. The van der Waals surface area contributed by atoms with Crippen molar-refractivity contribution in [1.82, 2.24) is 14.8 Å². The molecule has 0 saturated heterocycles. The van der Waals surface area contributed by atoms with E-state index < -0.39 is 0 Å². The first-order valence-corrected chi connectivity index (χ1v) is 4.02. The van der Waals surface area contributed by atoms with Gasteiger partial charge in [0, 0.05) is 6.54 Å². The van der Waals surface area contributed by atoms with Crippen molar-refractivity contribution in [2.75, 3.05) is 0 Å². The number of hydrogen-bond donors (Lipinski definition) is 0. The zero-order chi connectivity index (χ0) is 7.56. The van der Waals surface area contributed by atoms with Crippen molar-refractivity contribution in [3.63, 3.8) is 0 Å². The number of aromatic nitrogens is 3. The van der Waals surface area contributed by atoms with Gasteiger partial charge >= 0.3 is 0 Å². The third-order valence-corrected chi connectivity index (χ3v) is 1.74. The second-order valence-corrected chi connectivity index (χ2v) is 3.36. The maximum absolute atomic E-state index is 3.80. The van der Waals surface area contributed by atoms with Gasteiger partial charge in [0.1, 0.15) is 6.33 Å². The van der Waals surface area contributed by atoms with E-state index in [1.165, 1.54) is 0 Å². The van der Waals surface area contributed by atoms with E-state index in [1.54, 1.807) is 6.33 Å². The number of nitrogens with zero attached hydrogens (tertiary/aromatic N) is 3. The Labute approximate surface area is 68.6 Å². The molecule has 1 rings (SSSR count). The number of halogens is 1. The molecule has 0 spiro atoms. The van der Waals surface area contributed by atoms with Crippen molar-refractivity contribution in [3.8, 4) is 0 Å². The van der Waals surface area contributed by atoms with Gasteiger partial charge in [0.05, 0.1) is 0 Å². The zero-order valence-electron chi connectivity index (χ0n) is 6.08. The maximum atomic E-state index is 3.80. The summed E-state index contributed by atoms with van der Waals surface area (Å²) in [6.07, 6.45) is 1.73. The summed E-state index contributed by atoms with van der Waals surface area (Å²) < 4.78 is 2.78. The second-order valence-electron chi connectivity index (χ2n) is 2.65. The Balaban J connectivity index is 2.65. The zero-order valence-corrected chi connectivity index (χ0v) is 7.67. The van der Waals surface area contributed by atoms with Crippen LogP contribution in [-0.4, -0.2) is 14.8 Å². The number of rotatable bonds is 2. The van der Waals surface area contributed by atoms with Gasteiger partial charge in [-0.1, -0.05) is 13.8 Å². The van der Waals surface area contributed by atoms with Crippen LogP contribution in [-0.2, 0) is 6.54 Å². The van der Waals surface area contributed by atoms with Crippen LogP contribution in [0.1, 0.15) is 13.8 Å². The molecular formula is C6H10BrN3. The van der Waals surface area contributed by atoms with E-state index in [-0.39, 0.29) is 0 Å². The van der Waals surface area contributed by atoms with E-state index in [0.29, 0.717) is 5.92 Å². The van der Waals surface area contributed by atoms with Crippen LogP contribution in [0.2, 0.25) is 0 Å². The molecule has 3 nitrogen and oxygen atoms in total. The largest absolute Gasteiger partial charge is 0.308 e. The van der Waals surface area contributed by atoms with E-state index in [4.69, 9.17) is 0 Å². The van der Waals surface area contributed by atoms with E-state index in [9.17, 15) is 0 Å². The Morgan fingerprint density at radius 3 is 2.80 bits per heavy atom. The highest BCUT2D eigenvalue weighted by molar-refractivity contribution is 9.10. The van der Waals surface area contributed by atoms with Crippen molar-refractivity contribution < 1.29 is 0 Å². The van der Waals surface area contributed by atoms with Crippen LogP contribution in [0.3, 0.4) is 0 Å². The second kappa shape index (κ2) is 3.14. The van der Waals surface area contributed by atoms with Crippen molar-refractivity contribution in [3.05, 3.63) is 11.1 Å². The molecule has 0 fully saturated rings. The molecule has 10 heavy (non-hydrogen) atoms. The molecule has 1 aromatic heterocycles. The molecule has 0 radical (unpaired) electrons. The third-order valence-electron chi connectivity index (χ3n) is 1.13. The lowest BCUT2D eigenvalue weighted by molar-refractivity contribution is 0.515. The van der Waals surface area contributed by atoms with Crippen molar-refractivity contribution in [1.29, 1.82) is 0 Å². The highest BCUT2D eigenvalue weighted by Crippen LogP contribution is 2.06. The molecule has 0 amide bonds. The lowest BCUT2D eigenvalue weighted by atomic mass is 10.2. The van der Waals surface area contributed by atoms with Gasteiger partial charge in [0.2, 0.25) is 0 Å². The lowest BCUT2D eigenvalue weighted by Crippen LogP contribution is -2.02. The molecular weight excluding hydrogens is 194 g/mol. The van der Waals surface area contributed by atoms with Crippen LogP contribution in [0, 0.1) is 5.92 Å². The minimum Gasteiger partial charge on any atom is -0.308 e. The molecule has 4 heteroatoms. The molecule has 1 aromatic rings. The first kappa shape index (κ1) is 7.72. The van der Waals surface area contributed by atoms with Crippen LogP contribution >= 0.6 is 15.9 Å². The summed E-state index contributed by atoms with van der Waals surface area (Å²) in [6, 6.07) is 0. The van der Waals surface area contributed by atoms with Gasteiger partial charge in [-0.3, -0.25) is 0 Å². The molecule has 0 bridgehead atoms. The average Bonchev–Trinajstić information content (AvgIpc) is 2.15. The smallest absolute Gasteiger partial charge is 0.199 e. The first-order chi connectivity index (χ1) is 4.70. The van der Waals surface area contributed by atoms with E-state index >= 15 is 0 Å². The Bertz CT molecular complexity index is 207. The Hall–Kier alpha value is -0.380. The van der Waals surface area contributed by atoms with Crippen molar-refractivity contribution in [2.45, 2.75) is 20.4 Å². The van der Waals surface area contributed by atoms with Crippen LogP contribution < -0.4 is 0 Å². The van der Waals surface area contributed by atoms with Crippen LogP contribution in [0.15, 0.2) is 11.1 Å².